The normalized spacial score (nSPS) is 21.3. The number of hydrogen-bond donors (Lipinski definition) is 1. The van der Waals surface area contributed by atoms with Crippen molar-refractivity contribution in [3.63, 3.8) is 0 Å². The lowest BCUT2D eigenvalue weighted by atomic mass is 9.93. The van der Waals surface area contributed by atoms with Crippen molar-refractivity contribution in [1.82, 2.24) is 9.97 Å². The number of β-amino-alcohol motifs (C(OH)–C–C–N with tert-alkyl or cyclic N) is 1. The number of benzene rings is 1. The predicted octanol–water partition coefficient (Wildman–Crippen LogP) is 1.59. The van der Waals surface area contributed by atoms with Crippen LogP contribution in [-0.4, -0.2) is 28.2 Å². The Balaban J connectivity index is 1.88. The molecule has 2 aromatic rings. The van der Waals surface area contributed by atoms with Crippen LogP contribution in [0.5, 0.6) is 0 Å². The van der Waals surface area contributed by atoms with E-state index in [2.05, 4.69) is 9.97 Å². The molecule has 0 radical (unpaired) electrons. The van der Waals surface area contributed by atoms with Crippen LogP contribution >= 0.6 is 0 Å². The predicted molar refractivity (Wildman–Crippen MR) is 73.9 cm³/mol. The van der Waals surface area contributed by atoms with E-state index in [1.165, 1.54) is 24.5 Å². The van der Waals surface area contributed by atoms with E-state index in [0.717, 1.165) is 0 Å². The zero-order valence-electron chi connectivity index (χ0n) is 11.2. The fraction of sp³-hybridized carbons (Fsp3) is 0.267. The summed E-state index contributed by atoms with van der Waals surface area (Å²) in [7, 11) is 0. The largest absolute Gasteiger partial charge is 0.383 e. The molecule has 0 aliphatic carbocycles. The van der Waals surface area contributed by atoms with Crippen LogP contribution < -0.4 is 4.90 Å². The molecule has 0 saturated carbocycles. The third-order valence-electron chi connectivity index (χ3n) is 3.71. The number of aromatic nitrogens is 2. The monoisotopic (exact) mass is 284 g/mol. The lowest BCUT2D eigenvalue weighted by molar-refractivity contribution is 0.0605. The van der Waals surface area contributed by atoms with Gasteiger partial charge in [0, 0.05) is 18.9 Å². The Labute approximate surface area is 121 Å². The van der Waals surface area contributed by atoms with Crippen LogP contribution in [0.3, 0.4) is 0 Å². The maximum Gasteiger partial charge on any atom is 0.183 e. The van der Waals surface area contributed by atoms with Gasteiger partial charge in [0.05, 0.1) is 6.54 Å². The average Bonchev–Trinajstić information content (AvgIpc) is 2.91. The molecule has 0 bridgehead atoms. The Bertz CT molecular complexity index is 698. The highest BCUT2D eigenvalue weighted by atomic mass is 19.1. The number of hydrogen-bond acceptors (Lipinski definition) is 5. The molecule has 1 fully saturated rings. The van der Waals surface area contributed by atoms with Gasteiger partial charge in [-0.25, -0.2) is 14.4 Å². The Hall–Kier alpha value is -2.52. The van der Waals surface area contributed by atoms with E-state index in [0.29, 0.717) is 30.9 Å². The summed E-state index contributed by atoms with van der Waals surface area (Å²) in [6.07, 6.45) is 3.47. The van der Waals surface area contributed by atoms with Gasteiger partial charge in [-0.05, 0) is 24.1 Å². The maximum absolute atomic E-state index is 13.0. The van der Waals surface area contributed by atoms with E-state index in [9.17, 15) is 9.50 Å². The van der Waals surface area contributed by atoms with Crippen molar-refractivity contribution in [3.8, 4) is 6.07 Å². The van der Waals surface area contributed by atoms with Gasteiger partial charge in [0.25, 0.3) is 0 Å². The molecule has 1 aliphatic rings. The molecule has 21 heavy (non-hydrogen) atoms. The molecule has 1 atom stereocenters. The molecule has 106 valence electrons. The molecule has 5 nitrogen and oxygen atoms in total. The van der Waals surface area contributed by atoms with Crippen LogP contribution in [0.2, 0.25) is 0 Å². The molecule has 1 aliphatic heterocycles. The van der Waals surface area contributed by atoms with Gasteiger partial charge in [0.2, 0.25) is 0 Å². The maximum atomic E-state index is 13.0. The summed E-state index contributed by atoms with van der Waals surface area (Å²) in [6, 6.07) is 7.83. The molecule has 1 unspecified atom stereocenters. The van der Waals surface area contributed by atoms with Gasteiger partial charge in [-0.1, -0.05) is 12.1 Å². The molecule has 1 saturated heterocycles. The third kappa shape index (κ3) is 2.43. The second-order valence-electron chi connectivity index (χ2n) is 5.05. The van der Waals surface area contributed by atoms with Crippen LogP contribution in [-0.2, 0) is 5.60 Å². The van der Waals surface area contributed by atoms with E-state index in [-0.39, 0.29) is 11.5 Å². The second kappa shape index (κ2) is 5.11. The number of nitriles is 1. The van der Waals surface area contributed by atoms with Crippen molar-refractivity contribution in [2.24, 2.45) is 0 Å². The van der Waals surface area contributed by atoms with Gasteiger partial charge in [0.15, 0.2) is 11.5 Å². The first-order chi connectivity index (χ1) is 10.1. The molecule has 1 aromatic heterocycles. The fourth-order valence-electron chi connectivity index (χ4n) is 2.61. The highest BCUT2D eigenvalue weighted by Gasteiger charge is 2.39. The summed E-state index contributed by atoms with van der Waals surface area (Å²) in [5, 5.41) is 19.8. The Morgan fingerprint density at radius 2 is 1.95 bits per heavy atom. The van der Waals surface area contributed by atoms with E-state index in [1.54, 1.807) is 12.1 Å². The smallest absolute Gasteiger partial charge is 0.183 e. The first kappa shape index (κ1) is 13.5. The number of anilines is 1. The molecule has 3 rings (SSSR count). The fourth-order valence-corrected chi connectivity index (χ4v) is 2.61. The number of nitrogens with zero attached hydrogens (tertiary/aromatic N) is 4. The highest BCUT2D eigenvalue weighted by molar-refractivity contribution is 5.51. The van der Waals surface area contributed by atoms with E-state index in [1.807, 2.05) is 11.0 Å². The second-order valence-corrected chi connectivity index (χ2v) is 5.05. The molecule has 1 aromatic carbocycles. The van der Waals surface area contributed by atoms with Crippen LogP contribution in [0, 0.1) is 17.1 Å². The summed E-state index contributed by atoms with van der Waals surface area (Å²) in [5.41, 5.74) is -0.174. The lowest BCUT2D eigenvalue weighted by Crippen LogP contribution is -2.31. The molecule has 0 amide bonds. The summed E-state index contributed by atoms with van der Waals surface area (Å²) in [5.74, 6) is 0.135. The van der Waals surface area contributed by atoms with Gasteiger partial charge in [-0.2, -0.15) is 5.26 Å². The number of rotatable bonds is 2. The average molecular weight is 284 g/mol. The van der Waals surface area contributed by atoms with Crippen molar-refractivity contribution < 1.29 is 9.50 Å². The van der Waals surface area contributed by atoms with E-state index in [4.69, 9.17) is 5.26 Å². The van der Waals surface area contributed by atoms with Crippen molar-refractivity contribution >= 4 is 5.82 Å². The van der Waals surface area contributed by atoms with Gasteiger partial charge < -0.3 is 10.0 Å². The Morgan fingerprint density at radius 3 is 2.67 bits per heavy atom. The molecular weight excluding hydrogens is 271 g/mol. The van der Waals surface area contributed by atoms with E-state index < -0.39 is 5.60 Å². The van der Waals surface area contributed by atoms with Gasteiger partial charge in [-0.3, -0.25) is 0 Å². The third-order valence-corrected chi connectivity index (χ3v) is 3.71. The van der Waals surface area contributed by atoms with Crippen molar-refractivity contribution in [2.75, 3.05) is 18.0 Å². The summed E-state index contributed by atoms with van der Waals surface area (Å²) in [4.78, 5) is 9.98. The summed E-state index contributed by atoms with van der Waals surface area (Å²) in [6.45, 7) is 0.854. The number of halogens is 1. The first-order valence-electron chi connectivity index (χ1n) is 6.57. The van der Waals surface area contributed by atoms with E-state index >= 15 is 0 Å². The van der Waals surface area contributed by atoms with Gasteiger partial charge >= 0.3 is 0 Å². The zero-order valence-corrected chi connectivity index (χ0v) is 11.2. The minimum Gasteiger partial charge on any atom is -0.383 e. The SMILES string of the molecule is N#Cc1nccnc1N1CCC(O)(c2ccc(F)cc2)C1. The van der Waals surface area contributed by atoms with Crippen molar-refractivity contribution in [3.05, 3.63) is 53.7 Å². The summed E-state index contributed by atoms with van der Waals surface area (Å²) >= 11 is 0. The van der Waals surface area contributed by atoms with Crippen molar-refractivity contribution in [1.29, 1.82) is 5.26 Å². The van der Waals surface area contributed by atoms with Crippen LogP contribution in [0.4, 0.5) is 10.2 Å². The lowest BCUT2D eigenvalue weighted by Gasteiger charge is -2.24. The minimum atomic E-state index is -1.07. The highest BCUT2D eigenvalue weighted by Crippen LogP contribution is 2.34. The first-order valence-corrected chi connectivity index (χ1v) is 6.57. The molecule has 6 heteroatoms. The Kier molecular flexibility index (Phi) is 3.28. The Morgan fingerprint density at radius 1 is 1.24 bits per heavy atom. The molecule has 0 spiro atoms. The van der Waals surface area contributed by atoms with Gasteiger partial charge in [-0.15, -0.1) is 0 Å². The minimum absolute atomic E-state index is 0.237. The van der Waals surface area contributed by atoms with Crippen LogP contribution in [0.25, 0.3) is 0 Å². The number of aliphatic hydroxyl groups is 1. The van der Waals surface area contributed by atoms with Crippen LogP contribution in [0.1, 0.15) is 17.7 Å². The summed E-state index contributed by atoms with van der Waals surface area (Å²) < 4.78 is 13.0. The zero-order chi connectivity index (χ0) is 14.9. The topological polar surface area (TPSA) is 73.0 Å². The molecule has 1 N–H and O–H groups in total. The molecule has 2 heterocycles. The quantitative estimate of drug-likeness (QED) is 0.906. The van der Waals surface area contributed by atoms with Gasteiger partial charge in [0.1, 0.15) is 17.5 Å². The van der Waals surface area contributed by atoms with Crippen LogP contribution in [0.15, 0.2) is 36.7 Å². The molecular formula is C15H13FN4O. The van der Waals surface area contributed by atoms with Crippen molar-refractivity contribution in [2.45, 2.75) is 12.0 Å². The standard InChI is InChI=1S/C15H13FN4O/c16-12-3-1-11(2-4-12)15(21)5-8-20(10-15)14-13(9-17)18-6-7-19-14/h1-4,6-7,21H,5,8,10H2.